The van der Waals surface area contributed by atoms with Gasteiger partial charge in [-0.25, -0.2) is 9.37 Å². The van der Waals surface area contributed by atoms with E-state index in [0.29, 0.717) is 18.1 Å². The predicted octanol–water partition coefficient (Wildman–Crippen LogP) is 1.95. The summed E-state index contributed by atoms with van der Waals surface area (Å²) in [6.07, 6.45) is 4.97. The van der Waals surface area contributed by atoms with Crippen molar-refractivity contribution in [3.8, 4) is 11.6 Å². The molecule has 2 heterocycles. The molecule has 0 N–H and O–H groups in total. The molecule has 3 aromatic rings. The first-order valence-corrected chi connectivity index (χ1v) is 7.59. The molecular weight excluding hydrogens is 325 g/mol. The molecule has 0 unspecified atom stereocenters. The first kappa shape index (κ1) is 16.6. The summed E-state index contributed by atoms with van der Waals surface area (Å²) in [7, 11) is 1.64. The molecule has 0 aliphatic carbocycles. The van der Waals surface area contributed by atoms with Crippen molar-refractivity contribution in [1.82, 2.24) is 24.6 Å². The molecule has 2 aromatic heterocycles. The lowest BCUT2D eigenvalue weighted by Gasteiger charge is -2.17. The second-order valence-corrected chi connectivity index (χ2v) is 5.28. The number of hydrogen-bond donors (Lipinski definition) is 0. The Balaban J connectivity index is 1.55. The minimum Gasteiger partial charge on any atom is -0.492 e. The van der Waals surface area contributed by atoms with Crippen molar-refractivity contribution in [3.63, 3.8) is 0 Å². The topological polar surface area (TPSA) is 73.1 Å². The molecule has 7 nitrogen and oxygen atoms in total. The van der Waals surface area contributed by atoms with Crippen LogP contribution in [0.4, 0.5) is 4.39 Å². The Hall–Kier alpha value is -3.29. The van der Waals surface area contributed by atoms with Crippen LogP contribution in [0.15, 0.2) is 55.1 Å². The minimum atomic E-state index is -0.366. The number of carbonyl (C=O) groups excluding carboxylic acids is 1. The van der Waals surface area contributed by atoms with Gasteiger partial charge in [-0.05, 0) is 24.3 Å². The van der Waals surface area contributed by atoms with Crippen molar-refractivity contribution in [2.24, 2.45) is 0 Å². The summed E-state index contributed by atoms with van der Waals surface area (Å²) in [5, 5.41) is 7.97. The zero-order valence-corrected chi connectivity index (χ0v) is 13.5. The molecule has 8 heteroatoms. The SMILES string of the molecule is CN(CCOc1cccc(F)c1)C(=O)c1ccc(-n2ccnc2)nn1. The van der Waals surface area contributed by atoms with Crippen LogP contribution in [-0.2, 0) is 0 Å². The number of imidazole rings is 1. The van der Waals surface area contributed by atoms with Crippen LogP contribution >= 0.6 is 0 Å². The van der Waals surface area contributed by atoms with Crippen molar-refractivity contribution < 1.29 is 13.9 Å². The van der Waals surface area contributed by atoms with Gasteiger partial charge in [-0.1, -0.05) is 6.07 Å². The third-order valence-corrected chi connectivity index (χ3v) is 3.48. The van der Waals surface area contributed by atoms with E-state index in [4.69, 9.17) is 4.74 Å². The maximum atomic E-state index is 13.1. The minimum absolute atomic E-state index is 0.233. The molecule has 128 valence electrons. The van der Waals surface area contributed by atoms with E-state index in [0.717, 1.165) is 0 Å². The molecule has 0 bridgehead atoms. The first-order chi connectivity index (χ1) is 12.1. The molecule has 0 saturated carbocycles. The van der Waals surface area contributed by atoms with E-state index < -0.39 is 0 Å². The average Bonchev–Trinajstić information content (AvgIpc) is 3.16. The number of nitrogens with zero attached hydrogens (tertiary/aromatic N) is 5. The summed E-state index contributed by atoms with van der Waals surface area (Å²) in [6, 6.07) is 9.16. The highest BCUT2D eigenvalue weighted by molar-refractivity contribution is 5.91. The third-order valence-electron chi connectivity index (χ3n) is 3.48. The molecule has 1 aromatic carbocycles. The van der Waals surface area contributed by atoms with E-state index in [1.165, 1.54) is 17.0 Å². The summed E-state index contributed by atoms with van der Waals surface area (Å²) in [4.78, 5) is 17.7. The molecule has 0 atom stereocenters. The second-order valence-electron chi connectivity index (χ2n) is 5.28. The quantitative estimate of drug-likeness (QED) is 0.685. The van der Waals surface area contributed by atoms with Crippen LogP contribution in [0, 0.1) is 5.82 Å². The summed E-state index contributed by atoms with van der Waals surface area (Å²) >= 11 is 0. The van der Waals surface area contributed by atoms with Crippen LogP contribution in [0.3, 0.4) is 0 Å². The lowest BCUT2D eigenvalue weighted by atomic mass is 10.3. The van der Waals surface area contributed by atoms with Crippen LogP contribution in [-0.4, -0.2) is 50.8 Å². The van der Waals surface area contributed by atoms with Gasteiger partial charge in [-0.2, -0.15) is 0 Å². The first-order valence-electron chi connectivity index (χ1n) is 7.59. The Labute approximate surface area is 143 Å². The van der Waals surface area contributed by atoms with E-state index in [9.17, 15) is 9.18 Å². The number of aromatic nitrogens is 4. The van der Waals surface area contributed by atoms with Crippen LogP contribution < -0.4 is 4.74 Å². The predicted molar refractivity (Wildman–Crippen MR) is 88.0 cm³/mol. The smallest absolute Gasteiger partial charge is 0.274 e. The van der Waals surface area contributed by atoms with Gasteiger partial charge in [0.15, 0.2) is 11.5 Å². The van der Waals surface area contributed by atoms with Crippen molar-refractivity contribution in [3.05, 3.63) is 66.6 Å². The fourth-order valence-corrected chi connectivity index (χ4v) is 2.13. The maximum absolute atomic E-state index is 13.1. The van der Waals surface area contributed by atoms with E-state index in [1.54, 1.807) is 54.6 Å². The summed E-state index contributed by atoms with van der Waals surface area (Å²) < 4.78 is 20.2. The monoisotopic (exact) mass is 341 g/mol. The summed E-state index contributed by atoms with van der Waals surface area (Å²) in [5.74, 6) is 0.360. The van der Waals surface area contributed by atoms with Crippen LogP contribution in [0.1, 0.15) is 10.5 Å². The number of rotatable bonds is 6. The molecule has 0 spiro atoms. The highest BCUT2D eigenvalue weighted by Gasteiger charge is 2.14. The van der Waals surface area contributed by atoms with Gasteiger partial charge in [-0.3, -0.25) is 9.36 Å². The molecule has 1 amide bonds. The second kappa shape index (κ2) is 7.52. The van der Waals surface area contributed by atoms with Crippen LogP contribution in [0.25, 0.3) is 5.82 Å². The van der Waals surface area contributed by atoms with E-state index in [2.05, 4.69) is 15.2 Å². The Morgan fingerprint density at radius 1 is 1.28 bits per heavy atom. The number of amides is 1. The average molecular weight is 341 g/mol. The molecule has 0 aliphatic rings. The lowest BCUT2D eigenvalue weighted by molar-refractivity contribution is 0.0766. The Morgan fingerprint density at radius 3 is 2.84 bits per heavy atom. The van der Waals surface area contributed by atoms with Gasteiger partial charge in [0, 0.05) is 25.5 Å². The molecule has 0 radical (unpaired) electrons. The standard InChI is InChI=1S/C17H16FN5O2/c1-22(9-10-25-14-4-2-3-13(18)11-14)17(24)15-5-6-16(21-20-15)23-8-7-19-12-23/h2-8,11-12H,9-10H2,1H3. The summed E-state index contributed by atoms with van der Waals surface area (Å²) in [5.41, 5.74) is 0.233. The molecule has 25 heavy (non-hydrogen) atoms. The van der Waals surface area contributed by atoms with Crippen molar-refractivity contribution in [2.45, 2.75) is 0 Å². The highest BCUT2D eigenvalue weighted by Crippen LogP contribution is 2.12. The molecular formula is C17H16FN5O2. The highest BCUT2D eigenvalue weighted by atomic mass is 19.1. The zero-order valence-electron chi connectivity index (χ0n) is 13.5. The number of ether oxygens (including phenoxy) is 1. The van der Waals surface area contributed by atoms with E-state index in [1.807, 2.05) is 0 Å². The molecule has 3 rings (SSSR count). The zero-order chi connectivity index (χ0) is 17.6. The van der Waals surface area contributed by atoms with Crippen LogP contribution in [0.5, 0.6) is 5.75 Å². The van der Waals surface area contributed by atoms with Crippen LogP contribution in [0.2, 0.25) is 0 Å². The number of carbonyl (C=O) groups is 1. The van der Waals surface area contributed by atoms with Gasteiger partial charge >= 0.3 is 0 Å². The van der Waals surface area contributed by atoms with Gasteiger partial charge < -0.3 is 9.64 Å². The fourth-order valence-electron chi connectivity index (χ4n) is 2.13. The van der Waals surface area contributed by atoms with Crippen molar-refractivity contribution in [2.75, 3.05) is 20.2 Å². The van der Waals surface area contributed by atoms with Gasteiger partial charge in [0.1, 0.15) is 24.5 Å². The lowest BCUT2D eigenvalue weighted by Crippen LogP contribution is -2.31. The van der Waals surface area contributed by atoms with E-state index >= 15 is 0 Å². The number of hydrogen-bond acceptors (Lipinski definition) is 5. The molecule has 0 aliphatic heterocycles. The fraction of sp³-hybridized carbons (Fsp3) is 0.176. The summed E-state index contributed by atoms with van der Waals surface area (Å²) in [6.45, 7) is 0.576. The van der Waals surface area contributed by atoms with Gasteiger partial charge in [-0.15, -0.1) is 10.2 Å². The Bertz CT molecular complexity index is 837. The van der Waals surface area contributed by atoms with Crippen molar-refractivity contribution >= 4 is 5.91 Å². The number of benzene rings is 1. The van der Waals surface area contributed by atoms with Gasteiger partial charge in [0.2, 0.25) is 0 Å². The normalized spacial score (nSPS) is 10.5. The third kappa shape index (κ3) is 4.17. The van der Waals surface area contributed by atoms with Gasteiger partial charge in [0.05, 0.1) is 6.54 Å². The number of likely N-dealkylation sites (N-methyl/N-ethyl adjacent to an activating group) is 1. The molecule has 0 saturated heterocycles. The van der Waals surface area contributed by atoms with Crippen molar-refractivity contribution in [1.29, 1.82) is 0 Å². The Kier molecular flexibility index (Phi) is 4.98. The largest absolute Gasteiger partial charge is 0.492 e. The molecule has 0 fully saturated rings. The Morgan fingerprint density at radius 2 is 2.16 bits per heavy atom. The van der Waals surface area contributed by atoms with Gasteiger partial charge in [0.25, 0.3) is 5.91 Å². The maximum Gasteiger partial charge on any atom is 0.274 e. The number of halogens is 1. The van der Waals surface area contributed by atoms with E-state index in [-0.39, 0.29) is 24.0 Å².